The number of nitrogens with zero attached hydrogens (tertiary/aromatic N) is 2. The fourth-order valence-corrected chi connectivity index (χ4v) is 4.55. The van der Waals surface area contributed by atoms with E-state index in [0.717, 1.165) is 0 Å². The maximum atomic E-state index is 13.3. The molecule has 148 valence electrons. The van der Waals surface area contributed by atoms with Gasteiger partial charge in [-0.25, -0.2) is 9.79 Å². The van der Waals surface area contributed by atoms with E-state index in [1.54, 1.807) is 56.5 Å². The van der Waals surface area contributed by atoms with Crippen molar-refractivity contribution < 1.29 is 13.9 Å². The molecule has 8 heteroatoms. The number of hydrogen-bond donors (Lipinski definition) is 0. The molecule has 1 aliphatic heterocycles. The van der Waals surface area contributed by atoms with E-state index in [9.17, 15) is 9.59 Å². The second-order valence-electron chi connectivity index (χ2n) is 6.34. The number of carbonyl (C=O) groups is 1. The highest BCUT2D eigenvalue weighted by atomic mass is 35.5. The van der Waals surface area contributed by atoms with Gasteiger partial charge in [0.05, 0.1) is 28.7 Å². The van der Waals surface area contributed by atoms with Crippen LogP contribution in [-0.4, -0.2) is 17.1 Å². The number of thiazole rings is 1. The molecule has 3 heterocycles. The summed E-state index contributed by atoms with van der Waals surface area (Å²) in [7, 11) is 0. The number of fused-ring (bicyclic) bond motifs is 1. The summed E-state index contributed by atoms with van der Waals surface area (Å²) in [5.41, 5.74) is 1.16. The fraction of sp³-hybridized carbons (Fsp3) is 0.190. The van der Waals surface area contributed by atoms with Crippen molar-refractivity contribution in [2.45, 2.75) is 19.9 Å². The number of hydrogen-bond acceptors (Lipinski definition) is 6. The standard InChI is InChI=1S/C21H17ClN2O4S/c1-3-27-20(26)17-12(2)23-21-24(18(17)14-8-4-5-9-15(14)22)19(25)16(29-21)11-13-7-6-10-28-13/h4-11,18H,3H2,1-2H3/b16-11-/t18-/m0/s1. The summed E-state index contributed by atoms with van der Waals surface area (Å²) >= 11 is 7.69. The third-order valence-electron chi connectivity index (χ3n) is 4.53. The van der Waals surface area contributed by atoms with Gasteiger partial charge in [0, 0.05) is 11.1 Å². The fourth-order valence-electron chi connectivity index (χ4n) is 3.29. The summed E-state index contributed by atoms with van der Waals surface area (Å²) in [4.78, 5) is 31.1. The first-order valence-corrected chi connectivity index (χ1v) is 10.2. The molecule has 0 saturated heterocycles. The minimum absolute atomic E-state index is 0.216. The Bertz CT molecular complexity index is 1280. The van der Waals surface area contributed by atoms with Crippen LogP contribution >= 0.6 is 22.9 Å². The molecule has 0 bridgehead atoms. The van der Waals surface area contributed by atoms with Gasteiger partial charge in [0.25, 0.3) is 5.56 Å². The van der Waals surface area contributed by atoms with Crippen molar-refractivity contribution in [3.63, 3.8) is 0 Å². The molecule has 4 rings (SSSR count). The molecule has 0 aliphatic carbocycles. The lowest BCUT2D eigenvalue weighted by molar-refractivity contribution is -0.139. The van der Waals surface area contributed by atoms with Crippen molar-refractivity contribution in [2.75, 3.05) is 6.61 Å². The monoisotopic (exact) mass is 428 g/mol. The summed E-state index contributed by atoms with van der Waals surface area (Å²) in [6.45, 7) is 3.68. The lowest BCUT2D eigenvalue weighted by Gasteiger charge is -2.25. The van der Waals surface area contributed by atoms with E-state index in [2.05, 4.69) is 4.99 Å². The maximum Gasteiger partial charge on any atom is 0.338 e. The number of benzene rings is 1. The van der Waals surface area contributed by atoms with Crippen LogP contribution < -0.4 is 14.9 Å². The van der Waals surface area contributed by atoms with E-state index in [4.69, 9.17) is 20.8 Å². The topological polar surface area (TPSA) is 73.8 Å². The normalized spacial score (nSPS) is 16.5. The molecule has 0 amide bonds. The van der Waals surface area contributed by atoms with Gasteiger partial charge in [-0.1, -0.05) is 41.1 Å². The Morgan fingerprint density at radius 1 is 1.34 bits per heavy atom. The molecule has 29 heavy (non-hydrogen) atoms. The van der Waals surface area contributed by atoms with E-state index in [-0.39, 0.29) is 12.2 Å². The van der Waals surface area contributed by atoms with Crippen LogP contribution in [0.1, 0.15) is 31.2 Å². The van der Waals surface area contributed by atoms with Gasteiger partial charge in [-0.2, -0.15) is 0 Å². The summed E-state index contributed by atoms with van der Waals surface area (Å²) < 4.78 is 12.5. The number of furan rings is 1. The number of rotatable bonds is 4. The van der Waals surface area contributed by atoms with E-state index in [0.29, 0.717) is 37.0 Å². The quantitative estimate of drug-likeness (QED) is 0.599. The molecule has 0 unspecified atom stereocenters. The van der Waals surface area contributed by atoms with Gasteiger partial charge in [0.15, 0.2) is 4.80 Å². The first-order valence-electron chi connectivity index (χ1n) is 8.99. The maximum absolute atomic E-state index is 13.3. The Hall–Kier alpha value is -2.90. The van der Waals surface area contributed by atoms with Crippen LogP contribution in [0, 0.1) is 0 Å². The molecule has 1 aromatic carbocycles. The van der Waals surface area contributed by atoms with Crippen LogP contribution in [0.3, 0.4) is 0 Å². The smallest absolute Gasteiger partial charge is 0.338 e. The number of halogens is 1. The highest BCUT2D eigenvalue weighted by Gasteiger charge is 2.34. The van der Waals surface area contributed by atoms with Crippen molar-refractivity contribution in [3.05, 3.63) is 90.0 Å². The van der Waals surface area contributed by atoms with Crippen LogP contribution in [0.4, 0.5) is 0 Å². The van der Waals surface area contributed by atoms with Crippen molar-refractivity contribution in [1.82, 2.24) is 4.57 Å². The predicted octanol–water partition coefficient (Wildman–Crippen LogP) is 3.04. The third-order valence-corrected chi connectivity index (χ3v) is 5.86. The minimum Gasteiger partial charge on any atom is -0.465 e. The summed E-state index contributed by atoms with van der Waals surface area (Å²) in [5.74, 6) is 0.0462. The summed E-state index contributed by atoms with van der Waals surface area (Å²) in [5, 5.41) is 0.453. The van der Waals surface area contributed by atoms with Crippen LogP contribution in [-0.2, 0) is 9.53 Å². The molecule has 6 nitrogen and oxygen atoms in total. The summed E-state index contributed by atoms with van der Waals surface area (Å²) in [6.07, 6.45) is 3.20. The SMILES string of the molecule is CCOC(=O)C1=C(C)N=c2s/c(=C\c3ccco3)c(=O)n2[C@H]1c1ccccc1Cl. The molecule has 3 aromatic rings. The van der Waals surface area contributed by atoms with Gasteiger partial charge in [0.2, 0.25) is 0 Å². The van der Waals surface area contributed by atoms with Gasteiger partial charge in [-0.05, 0) is 37.6 Å². The van der Waals surface area contributed by atoms with Crippen molar-refractivity contribution >= 4 is 35.0 Å². The molecule has 0 fully saturated rings. The van der Waals surface area contributed by atoms with E-state index < -0.39 is 12.0 Å². The van der Waals surface area contributed by atoms with Crippen molar-refractivity contribution in [3.8, 4) is 0 Å². The van der Waals surface area contributed by atoms with Gasteiger partial charge >= 0.3 is 5.97 Å². The lowest BCUT2D eigenvalue weighted by Crippen LogP contribution is -2.40. The predicted molar refractivity (Wildman–Crippen MR) is 111 cm³/mol. The van der Waals surface area contributed by atoms with Crippen LogP contribution in [0.25, 0.3) is 6.08 Å². The number of carbonyl (C=O) groups excluding carboxylic acids is 1. The van der Waals surface area contributed by atoms with E-state index in [1.807, 2.05) is 6.07 Å². The zero-order valence-electron chi connectivity index (χ0n) is 15.7. The Morgan fingerprint density at radius 3 is 2.83 bits per heavy atom. The average molecular weight is 429 g/mol. The molecule has 0 spiro atoms. The first kappa shape index (κ1) is 19.4. The molecular formula is C21H17ClN2O4S. The van der Waals surface area contributed by atoms with Gasteiger partial charge < -0.3 is 9.15 Å². The Kier molecular flexibility index (Phi) is 5.25. The highest BCUT2D eigenvalue weighted by molar-refractivity contribution is 7.07. The minimum atomic E-state index is -0.724. The van der Waals surface area contributed by atoms with E-state index in [1.165, 1.54) is 15.9 Å². The highest BCUT2D eigenvalue weighted by Crippen LogP contribution is 2.34. The Balaban J connectivity index is 2.00. The van der Waals surface area contributed by atoms with Gasteiger partial charge in [-0.15, -0.1) is 0 Å². The lowest BCUT2D eigenvalue weighted by atomic mass is 9.96. The molecule has 2 aromatic heterocycles. The zero-order chi connectivity index (χ0) is 20.5. The van der Waals surface area contributed by atoms with Gasteiger partial charge in [0.1, 0.15) is 11.8 Å². The second-order valence-corrected chi connectivity index (χ2v) is 7.76. The van der Waals surface area contributed by atoms with Crippen LogP contribution in [0.5, 0.6) is 0 Å². The zero-order valence-corrected chi connectivity index (χ0v) is 17.3. The van der Waals surface area contributed by atoms with Gasteiger partial charge in [-0.3, -0.25) is 9.36 Å². The second kappa shape index (κ2) is 7.85. The Morgan fingerprint density at radius 2 is 2.14 bits per heavy atom. The molecular weight excluding hydrogens is 412 g/mol. The molecule has 1 aliphatic rings. The van der Waals surface area contributed by atoms with Crippen molar-refractivity contribution in [2.24, 2.45) is 4.99 Å². The first-order chi connectivity index (χ1) is 14.0. The van der Waals surface area contributed by atoms with Crippen LogP contribution in [0.15, 0.2) is 68.1 Å². The molecule has 0 N–H and O–H groups in total. The Labute approximate surface area is 175 Å². The molecule has 0 saturated carbocycles. The number of esters is 1. The number of allylic oxidation sites excluding steroid dienone is 1. The largest absolute Gasteiger partial charge is 0.465 e. The van der Waals surface area contributed by atoms with E-state index >= 15 is 0 Å². The molecule has 1 atom stereocenters. The number of aromatic nitrogens is 1. The third kappa shape index (κ3) is 3.47. The average Bonchev–Trinajstić information content (AvgIpc) is 3.30. The molecule has 0 radical (unpaired) electrons. The van der Waals surface area contributed by atoms with Crippen molar-refractivity contribution in [1.29, 1.82) is 0 Å². The number of ether oxygens (including phenoxy) is 1. The van der Waals surface area contributed by atoms with Crippen LogP contribution in [0.2, 0.25) is 5.02 Å². The summed E-state index contributed by atoms with van der Waals surface area (Å²) in [6, 6.07) is 9.93.